The first-order valence-corrected chi connectivity index (χ1v) is 10.1. The number of benzene rings is 1. The third kappa shape index (κ3) is 10.1. The molecule has 0 bridgehead atoms. The number of rotatable bonds is 13. The molecule has 140 valence electrons. The van der Waals surface area contributed by atoms with E-state index in [9.17, 15) is 4.79 Å². The topological polar surface area (TPSA) is 41.5 Å². The molecule has 1 aromatic carbocycles. The molecule has 0 spiro atoms. The maximum atomic E-state index is 11.9. The molecule has 0 radical (unpaired) electrons. The van der Waals surface area contributed by atoms with E-state index in [1.165, 1.54) is 44.1 Å². The smallest absolute Gasteiger partial charge is 0.240 e. The fourth-order valence-electron chi connectivity index (χ4n) is 2.89. The second-order valence-corrected chi connectivity index (χ2v) is 6.90. The molecule has 0 unspecified atom stereocenters. The summed E-state index contributed by atoms with van der Waals surface area (Å²) in [6.07, 6.45) is 12.8. The summed E-state index contributed by atoms with van der Waals surface area (Å²) < 4.78 is 0. The highest BCUT2D eigenvalue weighted by Crippen LogP contribution is 2.10. The lowest BCUT2D eigenvalue weighted by atomic mass is 10.1. The van der Waals surface area contributed by atoms with E-state index < -0.39 is 0 Å². The maximum absolute atomic E-state index is 11.9. The van der Waals surface area contributed by atoms with Crippen LogP contribution in [0.3, 0.4) is 0 Å². The number of hydrazone groups is 1. The Bertz CT molecular complexity index is 505. The molecular formula is C22H36N2O. The Hall–Kier alpha value is -1.64. The van der Waals surface area contributed by atoms with Crippen LogP contribution < -0.4 is 5.43 Å². The van der Waals surface area contributed by atoms with Gasteiger partial charge in [-0.05, 0) is 30.9 Å². The zero-order chi connectivity index (χ0) is 18.3. The fraction of sp³-hybridized carbons (Fsp3) is 0.636. The van der Waals surface area contributed by atoms with Gasteiger partial charge in [0.15, 0.2) is 0 Å². The van der Waals surface area contributed by atoms with Crippen molar-refractivity contribution in [3.8, 4) is 0 Å². The summed E-state index contributed by atoms with van der Waals surface area (Å²) in [5, 5.41) is 4.24. The Labute approximate surface area is 154 Å². The van der Waals surface area contributed by atoms with Crippen molar-refractivity contribution in [3.63, 3.8) is 0 Å². The number of unbranched alkanes of at least 4 members (excludes halogenated alkanes) is 7. The van der Waals surface area contributed by atoms with Gasteiger partial charge in [-0.25, -0.2) is 5.43 Å². The number of hydrogen-bond acceptors (Lipinski definition) is 2. The predicted molar refractivity (Wildman–Crippen MR) is 108 cm³/mol. The van der Waals surface area contributed by atoms with Gasteiger partial charge in [-0.2, -0.15) is 5.10 Å². The summed E-state index contributed by atoms with van der Waals surface area (Å²) in [7, 11) is 0. The van der Waals surface area contributed by atoms with Gasteiger partial charge >= 0.3 is 0 Å². The average molecular weight is 345 g/mol. The molecule has 0 saturated heterocycles. The van der Waals surface area contributed by atoms with Gasteiger partial charge in [0.2, 0.25) is 5.91 Å². The number of carbonyl (C=O) groups excluding carboxylic acids is 1. The van der Waals surface area contributed by atoms with Crippen molar-refractivity contribution in [1.29, 1.82) is 0 Å². The van der Waals surface area contributed by atoms with Crippen molar-refractivity contribution in [1.82, 2.24) is 5.43 Å². The van der Waals surface area contributed by atoms with Crippen LogP contribution in [0.4, 0.5) is 0 Å². The summed E-state index contributed by atoms with van der Waals surface area (Å²) in [4.78, 5) is 11.9. The van der Waals surface area contributed by atoms with E-state index in [-0.39, 0.29) is 5.91 Å². The zero-order valence-corrected chi connectivity index (χ0v) is 16.4. The van der Waals surface area contributed by atoms with Crippen LogP contribution in [0.5, 0.6) is 0 Å². The molecule has 1 rings (SSSR count). The molecule has 0 aliphatic heterocycles. The molecule has 0 aliphatic rings. The molecule has 0 fully saturated rings. The largest absolute Gasteiger partial charge is 0.273 e. The molecule has 25 heavy (non-hydrogen) atoms. The summed E-state index contributed by atoms with van der Waals surface area (Å²) in [5.41, 5.74) is 5.95. The van der Waals surface area contributed by atoms with Gasteiger partial charge in [0.1, 0.15) is 0 Å². The Morgan fingerprint density at radius 2 is 1.48 bits per heavy atom. The minimum absolute atomic E-state index is 0.0212. The highest BCUT2D eigenvalue weighted by Gasteiger charge is 2.02. The third-order valence-electron chi connectivity index (χ3n) is 4.52. The van der Waals surface area contributed by atoms with Gasteiger partial charge in [-0.1, -0.05) is 89.5 Å². The first kappa shape index (κ1) is 21.4. The number of nitrogens with zero attached hydrogens (tertiary/aromatic N) is 1. The van der Waals surface area contributed by atoms with Crippen molar-refractivity contribution < 1.29 is 4.79 Å². The summed E-state index contributed by atoms with van der Waals surface area (Å²) >= 11 is 0. The Morgan fingerprint density at radius 1 is 0.880 bits per heavy atom. The van der Waals surface area contributed by atoms with Crippen LogP contribution in [0, 0.1) is 0 Å². The lowest BCUT2D eigenvalue weighted by Gasteiger charge is -2.05. The molecule has 3 nitrogen and oxygen atoms in total. The van der Waals surface area contributed by atoms with Crippen molar-refractivity contribution in [2.45, 2.75) is 91.4 Å². The summed E-state index contributed by atoms with van der Waals surface area (Å²) in [6, 6.07) is 8.43. The summed E-state index contributed by atoms with van der Waals surface area (Å²) in [5.74, 6) is 0.0212. The monoisotopic (exact) mass is 344 g/mol. The molecule has 0 aliphatic carbocycles. The van der Waals surface area contributed by atoms with Crippen LogP contribution in [0.2, 0.25) is 0 Å². The van der Waals surface area contributed by atoms with E-state index in [2.05, 4.69) is 48.6 Å². The number of amides is 1. The molecular weight excluding hydrogens is 308 g/mol. The van der Waals surface area contributed by atoms with Crippen LogP contribution in [-0.4, -0.2) is 11.6 Å². The molecule has 1 amide bonds. The average Bonchev–Trinajstić information content (AvgIpc) is 2.63. The Morgan fingerprint density at radius 3 is 2.08 bits per heavy atom. The van der Waals surface area contributed by atoms with Crippen molar-refractivity contribution in [2.75, 3.05) is 0 Å². The molecule has 3 heteroatoms. The van der Waals surface area contributed by atoms with E-state index >= 15 is 0 Å². The van der Waals surface area contributed by atoms with Crippen LogP contribution in [-0.2, 0) is 11.2 Å². The van der Waals surface area contributed by atoms with Gasteiger partial charge in [0.25, 0.3) is 0 Å². The molecule has 1 N–H and O–H groups in total. The quantitative estimate of drug-likeness (QED) is 0.266. The normalized spacial score (nSPS) is 11.6. The van der Waals surface area contributed by atoms with Crippen molar-refractivity contribution in [3.05, 3.63) is 35.4 Å². The molecule has 0 aromatic heterocycles. The van der Waals surface area contributed by atoms with Gasteiger partial charge in [0, 0.05) is 6.42 Å². The molecule has 1 aromatic rings. The van der Waals surface area contributed by atoms with Gasteiger partial charge in [0.05, 0.1) is 5.71 Å². The van der Waals surface area contributed by atoms with Crippen LogP contribution in [0.15, 0.2) is 29.4 Å². The van der Waals surface area contributed by atoms with E-state index in [1.54, 1.807) is 0 Å². The van der Waals surface area contributed by atoms with Gasteiger partial charge in [-0.15, -0.1) is 0 Å². The van der Waals surface area contributed by atoms with Gasteiger partial charge in [-0.3, -0.25) is 4.79 Å². The SMILES string of the molecule is CCCCCCCCCCC(=O)N/N=C(\C)c1ccc(CCC)cc1. The minimum Gasteiger partial charge on any atom is -0.273 e. The molecule has 0 atom stereocenters. The van der Waals surface area contributed by atoms with Crippen molar-refractivity contribution in [2.24, 2.45) is 5.10 Å². The first-order chi connectivity index (χ1) is 12.2. The number of carbonyl (C=O) groups is 1. The number of aryl methyl sites for hydroxylation is 1. The lowest BCUT2D eigenvalue weighted by Crippen LogP contribution is -2.18. The van der Waals surface area contributed by atoms with Crippen molar-refractivity contribution >= 4 is 11.6 Å². The highest BCUT2D eigenvalue weighted by atomic mass is 16.2. The number of nitrogens with one attached hydrogen (secondary N) is 1. The Balaban J connectivity index is 2.20. The second kappa shape index (κ2) is 13.6. The third-order valence-corrected chi connectivity index (χ3v) is 4.52. The fourth-order valence-corrected chi connectivity index (χ4v) is 2.89. The van der Waals surface area contributed by atoms with E-state index in [4.69, 9.17) is 0 Å². The predicted octanol–water partition coefficient (Wildman–Crippen LogP) is 6.01. The molecule has 0 saturated carbocycles. The Kier molecular flexibility index (Phi) is 11.7. The lowest BCUT2D eigenvalue weighted by molar-refractivity contribution is -0.121. The minimum atomic E-state index is 0.0212. The summed E-state index contributed by atoms with van der Waals surface area (Å²) in [6.45, 7) is 6.36. The maximum Gasteiger partial charge on any atom is 0.240 e. The van der Waals surface area contributed by atoms with Crippen LogP contribution in [0.25, 0.3) is 0 Å². The van der Waals surface area contributed by atoms with E-state index in [1.807, 2.05) is 6.92 Å². The highest BCUT2D eigenvalue weighted by molar-refractivity contribution is 5.99. The zero-order valence-electron chi connectivity index (χ0n) is 16.4. The molecule has 0 heterocycles. The second-order valence-electron chi connectivity index (χ2n) is 6.90. The number of hydrogen-bond donors (Lipinski definition) is 1. The first-order valence-electron chi connectivity index (χ1n) is 10.1. The van der Waals surface area contributed by atoms with Gasteiger partial charge < -0.3 is 0 Å². The van der Waals surface area contributed by atoms with Crippen LogP contribution >= 0.6 is 0 Å². The van der Waals surface area contributed by atoms with E-state index in [0.29, 0.717) is 6.42 Å². The standard InChI is InChI=1S/C22H36N2O/c1-4-6-7-8-9-10-11-12-14-22(25)24-23-19(3)21-17-15-20(13-5-2)16-18-21/h15-18H,4-14H2,1-3H3,(H,24,25)/b23-19+. The van der Waals surface area contributed by atoms with E-state index in [0.717, 1.165) is 37.0 Å². The van der Waals surface area contributed by atoms with Crippen LogP contribution in [0.1, 0.15) is 96.1 Å².